The second-order valence-electron chi connectivity index (χ2n) is 3.27. The van der Waals surface area contributed by atoms with Crippen LogP contribution in [0.15, 0.2) is 24.3 Å². The minimum absolute atomic E-state index is 0.202. The Kier molecular flexibility index (Phi) is 4.98. The molecule has 0 aliphatic carbocycles. The van der Waals surface area contributed by atoms with E-state index >= 15 is 0 Å². The van der Waals surface area contributed by atoms with E-state index in [2.05, 4.69) is 12.1 Å². The predicted octanol–water partition coefficient (Wildman–Crippen LogP) is 3.27. The first-order chi connectivity index (χ1) is 7.67. The molecule has 1 aromatic carbocycles. The molecule has 0 aliphatic heterocycles. The minimum atomic E-state index is 0.202. The number of hydrogen-bond acceptors (Lipinski definition) is 4. The van der Waals surface area contributed by atoms with Gasteiger partial charge in [-0.05, 0) is 17.7 Å². The number of nitrogens with zero attached hydrogens (tertiary/aromatic N) is 2. The number of benzene rings is 1. The summed E-state index contributed by atoms with van der Waals surface area (Å²) < 4.78 is 0.771. The molecule has 1 rings (SSSR count). The lowest BCUT2D eigenvalue weighted by Crippen LogP contribution is -2.01. The van der Waals surface area contributed by atoms with Crippen molar-refractivity contribution in [1.29, 1.82) is 10.5 Å². The third-order valence-electron chi connectivity index (χ3n) is 1.94. The summed E-state index contributed by atoms with van der Waals surface area (Å²) in [6.07, 6.45) is 0.487. The molecule has 0 amide bonds. The highest BCUT2D eigenvalue weighted by molar-refractivity contribution is 8.24. The van der Waals surface area contributed by atoms with Crippen LogP contribution < -0.4 is 0 Å². The van der Waals surface area contributed by atoms with E-state index in [-0.39, 0.29) is 5.25 Å². The summed E-state index contributed by atoms with van der Waals surface area (Å²) in [6, 6.07) is 11.4. The Labute approximate surface area is 105 Å². The maximum Gasteiger partial charge on any atom is 0.0991 e. The molecule has 0 aliphatic rings. The quantitative estimate of drug-likeness (QED) is 0.768. The van der Waals surface area contributed by atoms with Crippen molar-refractivity contribution in [3.8, 4) is 12.1 Å². The number of thioether (sulfide) groups is 1. The molecule has 1 aromatic rings. The molecule has 0 bridgehead atoms. The Morgan fingerprint density at radius 2 is 2.00 bits per heavy atom. The van der Waals surface area contributed by atoms with Gasteiger partial charge < -0.3 is 0 Å². The summed E-state index contributed by atoms with van der Waals surface area (Å²) >= 11 is 6.78. The normalized spacial score (nSPS) is 11.2. The van der Waals surface area contributed by atoms with Crippen molar-refractivity contribution >= 4 is 28.2 Å². The molecule has 0 aromatic heterocycles. The highest BCUT2D eigenvalue weighted by Crippen LogP contribution is 2.21. The van der Waals surface area contributed by atoms with Crippen molar-refractivity contribution in [2.24, 2.45) is 0 Å². The van der Waals surface area contributed by atoms with Crippen LogP contribution in [0.3, 0.4) is 0 Å². The molecule has 0 spiro atoms. The van der Waals surface area contributed by atoms with Crippen LogP contribution in [-0.2, 0) is 0 Å². The second-order valence-corrected chi connectivity index (χ2v) is 5.38. The summed E-state index contributed by atoms with van der Waals surface area (Å²) in [6.45, 7) is 1.98. The molecule has 0 fully saturated rings. The van der Waals surface area contributed by atoms with Gasteiger partial charge in [0.2, 0.25) is 0 Å². The fourth-order valence-electron chi connectivity index (χ4n) is 1.10. The van der Waals surface area contributed by atoms with Crippen LogP contribution >= 0.6 is 24.0 Å². The van der Waals surface area contributed by atoms with Crippen molar-refractivity contribution in [2.75, 3.05) is 0 Å². The Hall–Kier alpha value is -1.36. The Morgan fingerprint density at radius 1 is 1.38 bits per heavy atom. The molecule has 1 atom stereocenters. The van der Waals surface area contributed by atoms with Gasteiger partial charge in [0.05, 0.1) is 21.9 Å². The van der Waals surface area contributed by atoms with E-state index in [1.54, 1.807) is 12.1 Å². The van der Waals surface area contributed by atoms with Crippen molar-refractivity contribution < 1.29 is 0 Å². The fourth-order valence-corrected chi connectivity index (χ4v) is 2.53. The lowest BCUT2D eigenvalue weighted by atomic mass is 10.2. The van der Waals surface area contributed by atoms with Gasteiger partial charge in [-0.2, -0.15) is 10.5 Å². The highest BCUT2D eigenvalue weighted by atomic mass is 32.2. The third-order valence-corrected chi connectivity index (χ3v) is 3.48. The van der Waals surface area contributed by atoms with E-state index in [0.717, 1.165) is 9.76 Å². The molecule has 0 N–H and O–H groups in total. The minimum Gasteiger partial charge on any atom is -0.198 e. The van der Waals surface area contributed by atoms with E-state index < -0.39 is 0 Å². The zero-order valence-electron chi connectivity index (χ0n) is 8.80. The van der Waals surface area contributed by atoms with Crippen LogP contribution in [-0.4, -0.2) is 9.45 Å². The summed E-state index contributed by atoms with van der Waals surface area (Å²) in [5, 5.41) is 17.4. The third kappa shape index (κ3) is 3.66. The van der Waals surface area contributed by atoms with E-state index in [1.807, 2.05) is 19.1 Å². The van der Waals surface area contributed by atoms with E-state index in [0.29, 0.717) is 12.0 Å². The summed E-state index contributed by atoms with van der Waals surface area (Å²) in [4.78, 5) is 0. The van der Waals surface area contributed by atoms with E-state index in [9.17, 15) is 0 Å². The van der Waals surface area contributed by atoms with Gasteiger partial charge in [0.25, 0.3) is 0 Å². The van der Waals surface area contributed by atoms with Gasteiger partial charge in [-0.25, -0.2) is 0 Å². The standard InChI is InChI=1S/C12H10N2S2/c1-9(6-7-13)16-12(15)11-4-2-10(8-14)3-5-11/h2-5,9H,6H2,1H3. The van der Waals surface area contributed by atoms with E-state index in [4.69, 9.17) is 22.7 Å². The topological polar surface area (TPSA) is 47.6 Å². The largest absolute Gasteiger partial charge is 0.198 e. The zero-order valence-corrected chi connectivity index (χ0v) is 10.4. The monoisotopic (exact) mass is 246 g/mol. The molecule has 0 heterocycles. The van der Waals surface area contributed by atoms with Crippen molar-refractivity contribution in [1.82, 2.24) is 0 Å². The number of hydrogen-bond donors (Lipinski definition) is 0. The summed E-state index contributed by atoms with van der Waals surface area (Å²) in [7, 11) is 0. The molecule has 1 unspecified atom stereocenters. The maximum atomic E-state index is 8.66. The van der Waals surface area contributed by atoms with Crippen LogP contribution in [0.5, 0.6) is 0 Å². The molecular weight excluding hydrogens is 236 g/mol. The molecule has 4 heteroatoms. The van der Waals surface area contributed by atoms with Crippen LogP contribution in [0.4, 0.5) is 0 Å². The molecule has 80 valence electrons. The number of rotatable bonds is 3. The van der Waals surface area contributed by atoms with Crippen molar-refractivity contribution in [2.45, 2.75) is 18.6 Å². The summed E-state index contributed by atoms with van der Waals surface area (Å²) in [5.74, 6) is 0. The maximum absolute atomic E-state index is 8.66. The van der Waals surface area contributed by atoms with Crippen molar-refractivity contribution in [3.05, 3.63) is 35.4 Å². The molecular formula is C12H10N2S2. The van der Waals surface area contributed by atoms with Gasteiger partial charge in [0, 0.05) is 11.7 Å². The first-order valence-corrected chi connectivity index (χ1v) is 6.04. The molecule has 16 heavy (non-hydrogen) atoms. The Bertz CT molecular complexity index is 451. The Morgan fingerprint density at radius 3 is 2.50 bits per heavy atom. The van der Waals surface area contributed by atoms with Crippen LogP contribution in [0.2, 0.25) is 0 Å². The average molecular weight is 246 g/mol. The van der Waals surface area contributed by atoms with Gasteiger partial charge >= 0.3 is 0 Å². The van der Waals surface area contributed by atoms with Crippen LogP contribution in [0.1, 0.15) is 24.5 Å². The van der Waals surface area contributed by atoms with Gasteiger partial charge in [0.1, 0.15) is 0 Å². The highest BCUT2D eigenvalue weighted by Gasteiger charge is 2.08. The van der Waals surface area contributed by atoms with Gasteiger partial charge in [0.15, 0.2) is 0 Å². The SMILES string of the molecule is CC(CC#N)SC(=S)c1ccc(C#N)cc1. The predicted molar refractivity (Wildman–Crippen MR) is 70.1 cm³/mol. The molecule has 2 nitrogen and oxygen atoms in total. The van der Waals surface area contributed by atoms with Crippen LogP contribution in [0, 0.1) is 22.7 Å². The first-order valence-electron chi connectivity index (χ1n) is 4.75. The smallest absolute Gasteiger partial charge is 0.0991 e. The second kappa shape index (κ2) is 6.27. The molecule has 0 saturated heterocycles. The van der Waals surface area contributed by atoms with Gasteiger partial charge in [-0.1, -0.05) is 31.3 Å². The van der Waals surface area contributed by atoms with E-state index in [1.165, 1.54) is 11.8 Å². The van der Waals surface area contributed by atoms with Gasteiger partial charge in [-0.3, -0.25) is 0 Å². The van der Waals surface area contributed by atoms with Crippen molar-refractivity contribution in [3.63, 3.8) is 0 Å². The number of thiocarbonyl (C=S) groups is 1. The average Bonchev–Trinajstić information content (AvgIpc) is 2.29. The van der Waals surface area contributed by atoms with Gasteiger partial charge in [-0.15, -0.1) is 11.8 Å². The fraction of sp³-hybridized carbons (Fsp3) is 0.250. The van der Waals surface area contributed by atoms with Crippen LogP contribution in [0.25, 0.3) is 0 Å². The molecule has 0 saturated carbocycles. The molecule has 0 radical (unpaired) electrons. The lowest BCUT2D eigenvalue weighted by Gasteiger charge is -2.08. The lowest BCUT2D eigenvalue weighted by molar-refractivity contribution is 0.997. The zero-order chi connectivity index (χ0) is 12.0. The Balaban J connectivity index is 2.67. The number of nitriles is 2. The first kappa shape index (κ1) is 12.7. The summed E-state index contributed by atoms with van der Waals surface area (Å²) in [5.41, 5.74) is 1.56.